The zero-order valence-electron chi connectivity index (χ0n) is 10.6. The van der Waals surface area contributed by atoms with Crippen molar-refractivity contribution in [1.82, 2.24) is 15.1 Å². The minimum absolute atomic E-state index is 0. The third-order valence-electron chi connectivity index (χ3n) is 3.49. The summed E-state index contributed by atoms with van der Waals surface area (Å²) in [6.45, 7) is 0. The normalized spacial score (nSPS) is 17.1. The van der Waals surface area contributed by atoms with Gasteiger partial charge in [-0.05, 0) is 24.5 Å². The van der Waals surface area contributed by atoms with E-state index in [0.717, 1.165) is 31.2 Å². The van der Waals surface area contributed by atoms with Crippen LogP contribution in [-0.2, 0) is 12.0 Å². The Morgan fingerprint density at radius 2 is 2.11 bits per heavy atom. The largest absolute Gasteiger partial charge is 0.339 e. The highest BCUT2D eigenvalue weighted by atomic mass is 35.5. The molecule has 6 heteroatoms. The van der Waals surface area contributed by atoms with E-state index in [1.165, 1.54) is 0 Å². The lowest BCUT2D eigenvalue weighted by Gasteiger charge is -2.17. The predicted octanol–water partition coefficient (Wildman–Crippen LogP) is 2.21. The highest BCUT2D eigenvalue weighted by Crippen LogP contribution is 2.34. The molecule has 2 heterocycles. The first kappa shape index (κ1) is 14.0. The molecule has 0 saturated heterocycles. The summed E-state index contributed by atoms with van der Waals surface area (Å²) in [5.41, 5.74) is 6.97. The molecule has 0 amide bonds. The van der Waals surface area contributed by atoms with Crippen molar-refractivity contribution in [2.75, 3.05) is 0 Å². The van der Waals surface area contributed by atoms with Crippen molar-refractivity contribution in [1.29, 1.82) is 0 Å². The van der Waals surface area contributed by atoms with Crippen LogP contribution in [0.2, 0.25) is 0 Å². The lowest BCUT2D eigenvalue weighted by Crippen LogP contribution is -2.34. The molecule has 1 aliphatic carbocycles. The fraction of sp³-hybridized carbons (Fsp3) is 0.462. The average Bonchev–Trinajstić information content (AvgIpc) is 3.01. The Hall–Kier alpha value is -1.46. The van der Waals surface area contributed by atoms with Crippen molar-refractivity contribution in [3.05, 3.63) is 41.8 Å². The molecule has 3 rings (SSSR count). The number of rotatable bonds is 3. The van der Waals surface area contributed by atoms with Gasteiger partial charge in [-0.3, -0.25) is 4.98 Å². The van der Waals surface area contributed by atoms with Gasteiger partial charge in [0.2, 0.25) is 5.89 Å². The van der Waals surface area contributed by atoms with Gasteiger partial charge in [0.1, 0.15) is 0 Å². The summed E-state index contributed by atoms with van der Waals surface area (Å²) in [6.07, 6.45) is 8.33. The predicted molar refractivity (Wildman–Crippen MR) is 72.9 cm³/mol. The summed E-state index contributed by atoms with van der Waals surface area (Å²) < 4.78 is 5.28. The van der Waals surface area contributed by atoms with E-state index in [-0.39, 0.29) is 17.9 Å². The third kappa shape index (κ3) is 2.93. The van der Waals surface area contributed by atoms with Crippen molar-refractivity contribution in [2.45, 2.75) is 37.6 Å². The van der Waals surface area contributed by atoms with Gasteiger partial charge in [-0.25, -0.2) is 0 Å². The van der Waals surface area contributed by atoms with Crippen molar-refractivity contribution in [3.8, 4) is 0 Å². The van der Waals surface area contributed by atoms with Crippen LogP contribution in [0.25, 0.3) is 0 Å². The van der Waals surface area contributed by atoms with E-state index in [0.29, 0.717) is 18.1 Å². The van der Waals surface area contributed by atoms with Gasteiger partial charge in [0.25, 0.3) is 0 Å². The summed E-state index contributed by atoms with van der Waals surface area (Å²) in [4.78, 5) is 8.49. The van der Waals surface area contributed by atoms with Gasteiger partial charge >= 0.3 is 0 Å². The number of nitrogens with two attached hydrogens (primary N) is 1. The maximum absolute atomic E-state index is 6.29. The van der Waals surface area contributed by atoms with Crippen molar-refractivity contribution in [3.63, 3.8) is 0 Å². The molecule has 0 aromatic carbocycles. The van der Waals surface area contributed by atoms with E-state index < -0.39 is 0 Å². The first-order chi connectivity index (χ1) is 8.76. The first-order valence-electron chi connectivity index (χ1n) is 6.27. The molecule has 0 bridgehead atoms. The molecular weight excluding hydrogens is 264 g/mol. The Labute approximate surface area is 118 Å². The fourth-order valence-corrected chi connectivity index (χ4v) is 2.44. The number of hydrogen-bond donors (Lipinski definition) is 1. The molecule has 102 valence electrons. The molecule has 0 spiro atoms. The van der Waals surface area contributed by atoms with Gasteiger partial charge in [0, 0.05) is 12.4 Å². The van der Waals surface area contributed by atoms with Gasteiger partial charge in [-0.15, -0.1) is 12.4 Å². The molecular formula is C13H17ClN4O. The van der Waals surface area contributed by atoms with Gasteiger partial charge < -0.3 is 10.3 Å². The van der Waals surface area contributed by atoms with Crippen LogP contribution in [0.1, 0.15) is 43.0 Å². The quantitative estimate of drug-likeness (QED) is 0.932. The molecule has 0 aliphatic heterocycles. The van der Waals surface area contributed by atoms with Crippen LogP contribution in [-0.4, -0.2) is 15.1 Å². The molecule has 0 atom stereocenters. The van der Waals surface area contributed by atoms with E-state index in [1.54, 1.807) is 12.4 Å². The number of hydrogen-bond acceptors (Lipinski definition) is 5. The third-order valence-corrected chi connectivity index (χ3v) is 3.49. The minimum Gasteiger partial charge on any atom is -0.339 e. The molecule has 0 radical (unpaired) electrons. The van der Waals surface area contributed by atoms with Crippen LogP contribution in [0.3, 0.4) is 0 Å². The summed E-state index contributed by atoms with van der Waals surface area (Å²) in [5, 5.41) is 4.03. The van der Waals surface area contributed by atoms with Gasteiger partial charge in [-0.2, -0.15) is 4.98 Å². The lowest BCUT2D eigenvalue weighted by molar-refractivity contribution is 0.352. The second kappa shape index (κ2) is 5.67. The number of halogens is 1. The Kier molecular flexibility index (Phi) is 4.17. The summed E-state index contributed by atoms with van der Waals surface area (Å²) in [7, 11) is 0. The minimum atomic E-state index is -0.378. The van der Waals surface area contributed by atoms with E-state index >= 15 is 0 Å². The van der Waals surface area contributed by atoms with Crippen LogP contribution in [0.15, 0.2) is 29.0 Å². The molecule has 19 heavy (non-hydrogen) atoms. The fourth-order valence-electron chi connectivity index (χ4n) is 2.44. The molecule has 1 saturated carbocycles. The Morgan fingerprint density at radius 3 is 2.79 bits per heavy atom. The molecule has 0 unspecified atom stereocenters. The summed E-state index contributed by atoms with van der Waals surface area (Å²) >= 11 is 0. The highest BCUT2D eigenvalue weighted by Gasteiger charge is 2.35. The van der Waals surface area contributed by atoms with Gasteiger partial charge in [0.05, 0.1) is 12.0 Å². The second-order valence-electron chi connectivity index (χ2n) is 4.91. The van der Waals surface area contributed by atoms with E-state index in [1.807, 2.05) is 12.1 Å². The maximum atomic E-state index is 6.29. The van der Waals surface area contributed by atoms with Crippen LogP contribution in [0, 0.1) is 0 Å². The zero-order chi connectivity index (χ0) is 12.4. The van der Waals surface area contributed by atoms with Gasteiger partial charge in [-0.1, -0.05) is 24.1 Å². The standard InChI is InChI=1S/C13H16N4O.ClH/c14-13(5-1-2-6-13)12-16-11(18-17-12)8-10-4-3-7-15-9-10;/h3-4,7,9H,1-2,5-6,8,14H2;1H. The summed E-state index contributed by atoms with van der Waals surface area (Å²) in [6, 6.07) is 3.89. The van der Waals surface area contributed by atoms with Crippen LogP contribution in [0.5, 0.6) is 0 Å². The zero-order valence-corrected chi connectivity index (χ0v) is 11.4. The SMILES string of the molecule is Cl.NC1(c2noc(Cc3cccnc3)n2)CCCC1. The molecule has 2 aromatic heterocycles. The Morgan fingerprint density at radius 1 is 1.32 bits per heavy atom. The highest BCUT2D eigenvalue weighted by molar-refractivity contribution is 5.85. The number of nitrogens with zero attached hydrogens (tertiary/aromatic N) is 3. The number of pyridine rings is 1. The molecule has 2 aromatic rings. The van der Waals surface area contributed by atoms with Crippen LogP contribution in [0.4, 0.5) is 0 Å². The molecule has 2 N–H and O–H groups in total. The molecule has 1 aliphatic rings. The van der Waals surface area contributed by atoms with E-state index in [9.17, 15) is 0 Å². The van der Waals surface area contributed by atoms with Crippen molar-refractivity contribution >= 4 is 12.4 Å². The molecule has 1 fully saturated rings. The Balaban J connectivity index is 0.00000133. The monoisotopic (exact) mass is 280 g/mol. The van der Waals surface area contributed by atoms with Crippen LogP contribution >= 0.6 is 12.4 Å². The number of aromatic nitrogens is 3. The van der Waals surface area contributed by atoms with Crippen molar-refractivity contribution < 1.29 is 4.52 Å². The van der Waals surface area contributed by atoms with E-state index in [2.05, 4.69) is 15.1 Å². The first-order valence-corrected chi connectivity index (χ1v) is 6.27. The lowest BCUT2D eigenvalue weighted by atomic mass is 9.99. The van der Waals surface area contributed by atoms with E-state index in [4.69, 9.17) is 10.3 Å². The van der Waals surface area contributed by atoms with Crippen LogP contribution < -0.4 is 5.73 Å². The molecule has 5 nitrogen and oxygen atoms in total. The second-order valence-corrected chi connectivity index (χ2v) is 4.91. The maximum Gasteiger partial charge on any atom is 0.231 e. The van der Waals surface area contributed by atoms with Gasteiger partial charge in [0.15, 0.2) is 5.82 Å². The smallest absolute Gasteiger partial charge is 0.231 e. The Bertz CT molecular complexity index is 522. The van der Waals surface area contributed by atoms with Crippen molar-refractivity contribution in [2.24, 2.45) is 5.73 Å². The average molecular weight is 281 g/mol. The topological polar surface area (TPSA) is 77.8 Å². The summed E-state index contributed by atoms with van der Waals surface area (Å²) in [5.74, 6) is 1.26.